The maximum Gasteiger partial charge on any atom is 0.433 e. The number of anilines is 1. The van der Waals surface area contributed by atoms with Crippen LogP contribution in [0.25, 0.3) is 0 Å². The van der Waals surface area contributed by atoms with Crippen LogP contribution >= 0.6 is 0 Å². The zero-order valence-electron chi connectivity index (χ0n) is 18.4. The molecule has 0 fully saturated rings. The van der Waals surface area contributed by atoms with Crippen LogP contribution in [0, 0.1) is 0 Å². The fourth-order valence-electron chi connectivity index (χ4n) is 3.12. The average Bonchev–Trinajstić information content (AvgIpc) is 2.79. The highest BCUT2D eigenvalue weighted by Crippen LogP contribution is 2.31. The van der Waals surface area contributed by atoms with Gasteiger partial charge in [0, 0.05) is 12.1 Å². The maximum atomic E-state index is 13.0. The Morgan fingerprint density at radius 1 is 1.12 bits per heavy atom. The van der Waals surface area contributed by atoms with Crippen molar-refractivity contribution in [3.63, 3.8) is 0 Å². The van der Waals surface area contributed by atoms with Gasteiger partial charge in [0.15, 0.2) is 11.5 Å². The number of allylic oxidation sites excluding steroid dienone is 1. The van der Waals surface area contributed by atoms with Crippen molar-refractivity contribution in [3.8, 4) is 11.5 Å². The highest BCUT2D eigenvalue weighted by Gasteiger charge is 2.34. The Morgan fingerprint density at radius 2 is 1.82 bits per heavy atom. The summed E-state index contributed by atoms with van der Waals surface area (Å²) in [5.74, 6) is -0.638. The van der Waals surface area contributed by atoms with Crippen LogP contribution in [-0.4, -0.2) is 50.1 Å². The van der Waals surface area contributed by atoms with E-state index >= 15 is 0 Å². The molecule has 0 spiro atoms. The molecular weight excluding hydrogens is 477 g/mol. The summed E-state index contributed by atoms with van der Waals surface area (Å²) in [5.41, 5.74) is -1.26. The second kappa shape index (κ2) is 9.71. The molecule has 13 heteroatoms. The first kappa shape index (κ1) is 25.0. The quantitative estimate of drug-likeness (QED) is 0.627. The molecule has 0 radical (unpaired) electrons. The molecule has 182 valence electrons. The highest BCUT2D eigenvalue weighted by atomic mass is 32.2. The van der Waals surface area contributed by atoms with E-state index in [2.05, 4.69) is 14.7 Å². The molecule has 0 atom stereocenters. The number of ether oxygens (including phenoxy) is 2. The van der Waals surface area contributed by atoms with E-state index in [1.165, 1.54) is 38.5 Å². The number of alkyl halides is 3. The van der Waals surface area contributed by atoms with Crippen LogP contribution in [-0.2, 0) is 21.2 Å². The number of methoxy groups -OCH3 is 2. The molecule has 1 aromatic heterocycles. The standard InChI is InChI=1S/C21H21F3N4O5S/c1-4-10-28-15(20(29)26-19-7-5-6-18(25-19)21(22,23)24)12-14(27-34(28,30)31)13-8-9-16(32-2)17(11-13)33-3/h5-9,11-12H,4,10H2,1-3H3,(H,25,26,29). The van der Waals surface area contributed by atoms with E-state index in [4.69, 9.17) is 9.47 Å². The number of benzene rings is 1. The fourth-order valence-corrected chi connectivity index (χ4v) is 4.42. The van der Waals surface area contributed by atoms with Gasteiger partial charge in [-0.1, -0.05) is 13.0 Å². The van der Waals surface area contributed by atoms with E-state index in [0.717, 1.165) is 16.4 Å². The van der Waals surface area contributed by atoms with Crippen molar-refractivity contribution in [1.82, 2.24) is 9.29 Å². The van der Waals surface area contributed by atoms with E-state index in [1.54, 1.807) is 13.0 Å². The average molecular weight is 498 g/mol. The minimum absolute atomic E-state index is 0.0598. The van der Waals surface area contributed by atoms with Crippen LogP contribution in [0.2, 0.25) is 0 Å². The van der Waals surface area contributed by atoms with Crippen LogP contribution in [0.15, 0.2) is 52.6 Å². The predicted octanol–water partition coefficient (Wildman–Crippen LogP) is 3.40. The van der Waals surface area contributed by atoms with Gasteiger partial charge in [0.25, 0.3) is 5.91 Å². The molecule has 0 aliphatic carbocycles. The van der Waals surface area contributed by atoms with Crippen molar-refractivity contribution >= 4 is 27.6 Å². The molecule has 0 saturated heterocycles. The zero-order valence-corrected chi connectivity index (χ0v) is 19.2. The topological polar surface area (TPSA) is 110 Å². The molecular formula is C21H21F3N4O5S. The van der Waals surface area contributed by atoms with Crippen LogP contribution in [0.4, 0.5) is 19.0 Å². The number of nitrogens with one attached hydrogen (secondary N) is 1. The van der Waals surface area contributed by atoms with Crippen molar-refractivity contribution in [2.45, 2.75) is 19.5 Å². The number of hydrogen-bond acceptors (Lipinski definition) is 6. The molecule has 1 aliphatic heterocycles. The molecule has 0 saturated carbocycles. The second-order valence-corrected chi connectivity index (χ2v) is 8.50. The second-order valence-electron chi connectivity index (χ2n) is 6.99. The van der Waals surface area contributed by atoms with Crippen LogP contribution in [0.1, 0.15) is 24.6 Å². The lowest BCUT2D eigenvalue weighted by molar-refractivity contribution is -0.141. The van der Waals surface area contributed by atoms with Gasteiger partial charge in [-0.3, -0.25) is 4.79 Å². The summed E-state index contributed by atoms with van der Waals surface area (Å²) in [6.07, 6.45) is -3.12. The number of hydrogen-bond donors (Lipinski definition) is 1. The third-order valence-electron chi connectivity index (χ3n) is 4.65. The molecule has 1 aromatic carbocycles. The molecule has 34 heavy (non-hydrogen) atoms. The van der Waals surface area contributed by atoms with Crippen molar-refractivity contribution in [2.24, 2.45) is 4.40 Å². The lowest BCUT2D eigenvalue weighted by atomic mass is 10.1. The van der Waals surface area contributed by atoms with E-state index in [-0.39, 0.29) is 23.8 Å². The maximum absolute atomic E-state index is 13.0. The van der Waals surface area contributed by atoms with Gasteiger partial charge in [-0.05, 0) is 42.8 Å². The van der Waals surface area contributed by atoms with Crippen molar-refractivity contribution in [1.29, 1.82) is 0 Å². The SMILES string of the molecule is CCCN1C(C(=O)Nc2cccc(C(F)(F)F)n2)=CC(c2ccc(OC)c(OC)c2)=NS1(=O)=O. The van der Waals surface area contributed by atoms with E-state index in [9.17, 15) is 26.4 Å². The van der Waals surface area contributed by atoms with E-state index in [1.807, 2.05) is 0 Å². The summed E-state index contributed by atoms with van der Waals surface area (Å²) in [6, 6.07) is 7.57. The Balaban J connectivity index is 2.03. The summed E-state index contributed by atoms with van der Waals surface area (Å²) in [5, 5.41) is 2.24. The number of carbonyl (C=O) groups excluding carboxylic acids is 1. The Morgan fingerprint density at radius 3 is 2.44 bits per heavy atom. The minimum Gasteiger partial charge on any atom is -0.493 e. The number of pyridine rings is 1. The van der Waals surface area contributed by atoms with Gasteiger partial charge >= 0.3 is 16.4 Å². The van der Waals surface area contributed by atoms with Gasteiger partial charge in [0.1, 0.15) is 17.2 Å². The number of amides is 1. The van der Waals surface area contributed by atoms with E-state index in [0.29, 0.717) is 23.5 Å². The van der Waals surface area contributed by atoms with Gasteiger partial charge in [-0.2, -0.15) is 21.6 Å². The summed E-state index contributed by atoms with van der Waals surface area (Å²) in [7, 11) is -1.48. The Hall–Kier alpha value is -3.61. The fraction of sp³-hybridized carbons (Fsp3) is 0.286. The molecule has 3 rings (SSSR count). The van der Waals surface area contributed by atoms with Gasteiger partial charge < -0.3 is 14.8 Å². The molecule has 0 bridgehead atoms. The highest BCUT2D eigenvalue weighted by molar-refractivity contribution is 7.88. The summed E-state index contributed by atoms with van der Waals surface area (Å²) >= 11 is 0. The summed E-state index contributed by atoms with van der Waals surface area (Å²) < 4.78 is 79.7. The molecule has 1 N–H and O–H groups in total. The normalized spacial score (nSPS) is 15.3. The Kier molecular flexibility index (Phi) is 7.15. The third-order valence-corrected chi connectivity index (χ3v) is 6.02. The third kappa shape index (κ3) is 5.30. The minimum atomic E-state index is -4.71. The number of rotatable bonds is 7. The van der Waals surface area contributed by atoms with Gasteiger partial charge in [-0.15, -0.1) is 4.40 Å². The zero-order chi connectivity index (χ0) is 25.1. The number of carbonyl (C=O) groups is 1. The lowest BCUT2D eigenvalue weighted by Crippen LogP contribution is -2.39. The van der Waals surface area contributed by atoms with Gasteiger partial charge in [0.2, 0.25) is 0 Å². The summed E-state index contributed by atoms with van der Waals surface area (Å²) in [6.45, 7) is 1.63. The van der Waals surface area contributed by atoms with Crippen molar-refractivity contribution < 1.29 is 35.9 Å². The van der Waals surface area contributed by atoms with Crippen molar-refractivity contribution in [2.75, 3.05) is 26.1 Å². The van der Waals surface area contributed by atoms with Gasteiger partial charge in [-0.25, -0.2) is 9.29 Å². The summed E-state index contributed by atoms with van der Waals surface area (Å²) in [4.78, 5) is 16.4. The molecule has 1 amide bonds. The number of aromatic nitrogens is 1. The molecule has 1 aliphatic rings. The monoisotopic (exact) mass is 498 g/mol. The van der Waals surface area contributed by atoms with Crippen LogP contribution < -0.4 is 14.8 Å². The van der Waals surface area contributed by atoms with Crippen LogP contribution in [0.3, 0.4) is 0 Å². The first-order valence-electron chi connectivity index (χ1n) is 9.92. The first-order valence-corrected chi connectivity index (χ1v) is 11.3. The van der Waals surface area contributed by atoms with Gasteiger partial charge in [0.05, 0.1) is 19.9 Å². The first-order chi connectivity index (χ1) is 16.0. The Labute approximate surface area is 194 Å². The van der Waals surface area contributed by atoms with E-state index < -0.39 is 28.0 Å². The molecule has 9 nitrogen and oxygen atoms in total. The lowest BCUT2D eigenvalue weighted by Gasteiger charge is -2.27. The van der Waals surface area contributed by atoms with Crippen LogP contribution in [0.5, 0.6) is 11.5 Å². The predicted molar refractivity (Wildman–Crippen MR) is 118 cm³/mol. The smallest absolute Gasteiger partial charge is 0.433 e. The molecule has 2 aromatic rings. The van der Waals surface area contributed by atoms with Crippen molar-refractivity contribution in [3.05, 3.63) is 59.4 Å². The molecule has 2 heterocycles. The Bertz CT molecular complexity index is 1260. The largest absolute Gasteiger partial charge is 0.493 e. The molecule has 0 unspecified atom stereocenters. The number of halogens is 3. The number of nitrogens with zero attached hydrogens (tertiary/aromatic N) is 3.